The molecule has 0 spiro atoms. The van der Waals surface area contributed by atoms with Crippen molar-refractivity contribution in [3.8, 4) is 0 Å². The maximum atomic E-state index is 12.6. The Kier molecular flexibility index (Phi) is 5.13. The van der Waals surface area contributed by atoms with Gasteiger partial charge in [0.1, 0.15) is 11.4 Å². The van der Waals surface area contributed by atoms with E-state index in [1.54, 1.807) is 7.11 Å². The topological polar surface area (TPSA) is 66.5 Å². The van der Waals surface area contributed by atoms with Crippen molar-refractivity contribution in [2.75, 3.05) is 38.2 Å². The lowest BCUT2D eigenvalue weighted by Crippen LogP contribution is -2.53. The lowest BCUT2D eigenvalue weighted by molar-refractivity contribution is -0.146. The Hall–Kier alpha value is -1.66. The number of anilines is 1. The number of hydrogen-bond acceptors (Lipinski definition) is 5. The average Bonchev–Trinajstić information content (AvgIpc) is 3.15. The van der Waals surface area contributed by atoms with Gasteiger partial charge in [-0.05, 0) is 56.5 Å². The van der Waals surface area contributed by atoms with Gasteiger partial charge in [0.15, 0.2) is 0 Å². The van der Waals surface area contributed by atoms with Crippen LogP contribution in [-0.2, 0) is 16.1 Å². The molecule has 0 unspecified atom stereocenters. The third kappa shape index (κ3) is 3.64. The van der Waals surface area contributed by atoms with E-state index in [1.165, 1.54) is 12.8 Å². The van der Waals surface area contributed by atoms with Crippen molar-refractivity contribution in [3.05, 3.63) is 23.9 Å². The van der Waals surface area contributed by atoms with E-state index < -0.39 is 5.60 Å². The zero-order valence-corrected chi connectivity index (χ0v) is 13.8. The summed E-state index contributed by atoms with van der Waals surface area (Å²) in [6.45, 7) is 4.29. The fraction of sp³-hybridized carbons (Fsp3) is 0.647. The maximum absolute atomic E-state index is 12.6. The molecule has 2 fully saturated rings. The summed E-state index contributed by atoms with van der Waals surface area (Å²) in [6, 6.07) is 4.04. The van der Waals surface area contributed by atoms with E-state index in [-0.39, 0.29) is 5.91 Å². The Labute approximate surface area is 137 Å². The average molecular weight is 318 g/mol. The first-order valence-corrected chi connectivity index (χ1v) is 8.48. The molecule has 2 saturated heterocycles. The second-order valence-electron chi connectivity index (χ2n) is 6.35. The minimum absolute atomic E-state index is 0.0129. The van der Waals surface area contributed by atoms with E-state index in [0.29, 0.717) is 19.4 Å². The van der Waals surface area contributed by atoms with E-state index in [1.807, 2.05) is 12.3 Å². The minimum Gasteiger partial charge on any atom is -0.368 e. The first-order chi connectivity index (χ1) is 11.2. The van der Waals surface area contributed by atoms with E-state index in [2.05, 4.69) is 26.6 Å². The number of rotatable bonds is 5. The Balaban J connectivity index is 1.61. The highest BCUT2D eigenvalue weighted by atomic mass is 16.5. The molecule has 6 nitrogen and oxygen atoms in total. The number of piperidine rings is 1. The first kappa shape index (κ1) is 16.2. The fourth-order valence-electron chi connectivity index (χ4n) is 3.39. The molecule has 3 heterocycles. The van der Waals surface area contributed by atoms with Crippen LogP contribution in [0.4, 0.5) is 5.82 Å². The van der Waals surface area contributed by atoms with Gasteiger partial charge in [-0.15, -0.1) is 0 Å². The summed E-state index contributed by atoms with van der Waals surface area (Å²) >= 11 is 0. The van der Waals surface area contributed by atoms with E-state index in [4.69, 9.17) is 4.74 Å². The summed E-state index contributed by atoms with van der Waals surface area (Å²) in [5, 5.41) is 6.31. The van der Waals surface area contributed by atoms with Gasteiger partial charge < -0.3 is 20.3 Å². The van der Waals surface area contributed by atoms with Gasteiger partial charge in [-0.2, -0.15) is 0 Å². The Morgan fingerprint density at radius 3 is 2.83 bits per heavy atom. The first-order valence-electron chi connectivity index (χ1n) is 8.48. The van der Waals surface area contributed by atoms with E-state index >= 15 is 0 Å². The summed E-state index contributed by atoms with van der Waals surface area (Å²) < 4.78 is 5.56. The molecule has 6 heteroatoms. The number of aromatic nitrogens is 1. The lowest BCUT2D eigenvalue weighted by Gasteiger charge is -2.34. The van der Waals surface area contributed by atoms with Crippen LogP contribution in [-0.4, -0.2) is 49.8 Å². The molecule has 1 aromatic heterocycles. The van der Waals surface area contributed by atoms with Crippen LogP contribution in [0.25, 0.3) is 0 Å². The number of carbonyl (C=O) groups is 1. The highest BCUT2D eigenvalue weighted by Gasteiger charge is 2.39. The molecule has 2 aliphatic heterocycles. The van der Waals surface area contributed by atoms with Crippen LogP contribution in [0.2, 0.25) is 0 Å². The summed E-state index contributed by atoms with van der Waals surface area (Å²) in [5.41, 5.74) is 0.395. The molecule has 0 saturated carbocycles. The molecule has 0 aliphatic carbocycles. The maximum Gasteiger partial charge on any atom is 0.252 e. The standard InChI is InChI=1S/C17H26N4O2/c1-23-17(5-8-18-9-6-17)16(22)20-13-14-4-7-19-15(12-14)21-10-2-3-11-21/h4,7,12,18H,2-3,5-6,8-11,13H2,1H3,(H,20,22). The predicted molar refractivity (Wildman–Crippen MR) is 89.4 cm³/mol. The van der Waals surface area contributed by atoms with Crippen LogP contribution >= 0.6 is 0 Å². The second-order valence-corrected chi connectivity index (χ2v) is 6.35. The zero-order valence-electron chi connectivity index (χ0n) is 13.8. The molecule has 2 aliphatic rings. The van der Waals surface area contributed by atoms with Gasteiger partial charge in [0.05, 0.1) is 0 Å². The molecule has 0 bridgehead atoms. The molecule has 0 aromatic carbocycles. The number of carbonyl (C=O) groups excluding carboxylic acids is 1. The Bertz CT molecular complexity index is 537. The zero-order chi connectivity index (χ0) is 16.1. The molecule has 0 radical (unpaired) electrons. The molecule has 126 valence electrons. The third-order valence-electron chi connectivity index (χ3n) is 4.91. The van der Waals surface area contributed by atoms with Crippen LogP contribution in [0.5, 0.6) is 0 Å². The summed E-state index contributed by atoms with van der Waals surface area (Å²) in [5.74, 6) is 0.999. The van der Waals surface area contributed by atoms with Crippen LogP contribution < -0.4 is 15.5 Å². The van der Waals surface area contributed by atoms with Crippen molar-refractivity contribution >= 4 is 11.7 Å². The lowest BCUT2D eigenvalue weighted by atomic mass is 9.91. The van der Waals surface area contributed by atoms with E-state index in [9.17, 15) is 4.79 Å². The van der Waals surface area contributed by atoms with Gasteiger partial charge in [-0.25, -0.2) is 4.98 Å². The number of amides is 1. The largest absolute Gasteiger partial charge is 0.368 e. The number of hydrogen-bond donors (Lipinski definition) is 2. The number of nitrogens with one attached hydrogen (secondary N) is 2. The fourth-order valence-corrected chi connectivity index (χ4v) is 3.39. The molecule has 1 aromatic rings. The van der Waals surface area contributed by atoms with Gasteiger partial charge in [0, 0.05) is 32.9 Å². The van der Waals surface area contributed by atoms with Crippen molar-refractivity contribution in [2.24, 2.45) is 0 Å². The highest BCUT2D eigenvalue weighted by Crippen LogP contribution is 2.23. The van der Waals surface area contributed by atoms with Gasteiger partial charge in [0.25, 0.3) is 5.91 Å². The molecule has 23 heavy (non-hydrogen) atoms. The van der Waals surface area contributed by atoms with Crippen LogP contribution in [0, 0.1) is 0 Å². The quantitative estimate of drug-likeness (QED) is 0.850. The van der Waals surface area contributed by atoms with Crippen LogP contribution in [0.1, 0.15) is 31.2 Å². The number of pyridine rings is 1. The molecule has 0 atom stereocenters. The van der Waals surface area contributed by atoms with Crippen LogP contribution in [0.15, 0.2) is 18.3 Å². The third-order valence-corrected chi connectivity index (χ3v) is 4.91. The summed E-state index contributed by atoms with van der Waals surface area (Å²) in [7, 11) is 1.63. The SMILES string of the molecule is COC1(C(=O)NCc2ccnc(N3CCCC3)c2)CCNCC1. The molecule has 3 rings (SSSR count). The predicted octanol–water partition coefficient (Wildman–Crippen LogP) is 1.07. The Morgan fingerprint density at radius 1 is 1.39 bits per heavy atom. The van der Waals surface area contributed by atoms with Crippen molar-refractivity contribution in [1.29, 1.82) is 0 Å². The summed E-state index contributed by atoms with van der Waals surface area (Å²) in [6.07, 6.45) is 5.71. The van der Waals surface area contributed by atoms with Crippen molar-refractivity contribution in [3.63, 3.8) is 0 Å². The minimum atomic E-state index is -0.684. The number of nitrogens with zero attached hydrogens (tertiary/aromatic N) is 2. The molecule has 2 N–H and O–H groups in total. The van der Waals surface area contributed by atoms with Gasteiger partial charge in [0.2, 0.25) is 0 Å². The van der Waals surface area contributed by atoms with E-state index in [0.717, 1.165) is 37.6 Å². The van der Waals surface area contributed by atoms with Gasteiger partial charge in [-0.3, -0.25) is 4.79 Å². The number of ether oxygens (including phenoxy) is 1. The normalized spacial score (nSPS) is 20.5. The van der Waals surface area contributed by atoms with Crippen molar-refractivity contribution < 1.29 is 9.53 Å². The monoisotopic (exact) mass is 318 g/mol. The smallest absolute Gasteiger partial charge is 0.252 e. The second kappa shape index (κ2) is 7.27. The molecular weight excluding hydrogens is 292 g/mol. The van der Waals surface area contributed by atoms with Crippen molar-refractivity contribution in [2.45, 2.75) is 37.8 Å². The van der Waals surface area contributed by atoms with Gasteiger partial charge in [-0.1, -0.05) is 0 Å². The molecular formula is C17H26N4O2. The summed E-state index contributed by atoms with van der Waals surface area (Å²) in [4.78, 5) is 19.3. The van der Waals surface area contributed by atoms with Crippen LogP contribution in [0.3, 0.4) is 0 Å². The molecule has 1 amide bonds. The number of methoxy groups -OCH3 is 1. The highest BCUT2D eigenvalue weighted by molar-refractivity contribution is 5.85. The Morgan fingerprint density at radius 2 is 2.13 bits per heavy atom. The van der Waals surface area contributed by atoms with Gasteiger partial charge >= 0.3 is 0 Å². The van der Waals surface area contributed by atoms with Crippen molar-refractivity contribution in [1.82, 2.24) is 15.6 Å².